The van der Waals surface area contributed by atoms with E-state index in [0.29, 0.717) is 47.3 Å². The molecular weight excluding hydrogens is 370 g/mol. The summed E-state index contributed by atoms with van der Waals surface area (Å²) in [6.45, 7) is 0. The average Bonchev–Trinajstić information content (AvgIpc) is 3.58. The molecule has 0 amide bonds. The van der Waals surface area contributed by atoms with Crippen LogP contribution in [0.4, 0.5) is 0 Å². The minimum Gasteiger partial charge on any atom is -0.494 e. The maximum atomic E-state index is 11.5. The molecule has 30 heavy (non-hydrogen) atoms. The molecule has 6 unspecified atom stereocenters. The topological polar surface area (TPSA) is 45.4 Å². The van der Waals surface area contributed by atoms with E-state index in [2.05, 4.69) is 60.7 Å². The first kappa shape index (κ1) is 15.8. The molecule has 5 aliphatic rings. The van der Waals surface area contributed by atoms with E-state index in [1.807, 2.05) is 4.57 Å². The standard InChI is InChI=1S/C27H23NO2/c29-26-23-19-12-20(22-14-10-9-13(11-14)21(19)22)24(23)27(30)28(26)25-17-7-3-1-5-15(17)16-6-2-4-8-18(16)25/h1-10,13-14,19-22,25,29-30H,11-12H2. The summed E-state index contributed by atoms with van der Waals surface area (Å²) < 4.78 is 1.84. The molecule has 1 heterocycles. The molecular formula is C27H23NO2. The second kappa shape index (κ2) is 5.03. The van der Waals surface area contributed by atoms with E-state index in [1.54, 1.807) is 0 Å². The molecule has 0 aliphatic heterocycles. The van der Waals surface area contributed by atoms with Gasteiger partial charge in [-0.1, -0.05) is 60.7 Å². The van der Waals surface area contributed by atoms with Crippen LogP contribution >= 0.6 is 0 Å². The molecule has 2 saturated carbocycles. The van der Waals surface area contributed by atoms with Crippen molar-refractivity contribution in [2.75, 3.05) is 0 Å². The van der Waals surface area contributed by atoms with Gasteiger partial charge in [-0.15, -0.1) is 0 Å². The molecule has 2 N–H and O–H groups in total. The lowest BCUT2D eigenvalue weighted by Gasteiger charge is -2.31. The highest BCUT2D eigenvalue weighted by molar-refractivity contribution is 5.79. The van der Waals surface area contributed by atoms with Crippen LogP contribution in [-0.4, -0.2) is 14.8 Å². The summed E-state index contributed by atoms with van der Waals surface area (Å²) in [4.78, 5) is 0. The number of hydrogen-bond donors (Lipinski definition) is 2. The van der Waals surface area contributed by atoms with E-state index in [0.717, 1.165) is 28.7 Å². The van der Waals surface area contributed by atoms with E-state index in [4.69, 9.17) is 0 Å². The molecule has 2 aromatic carbocycles. The molecule has 5 aliphatic carbocycles. The third-order valence-electron chi connectivity index (χ3n) is 9.05. The van der Waals surface area contributed by atoms with Crippen LogP contribution < -0.4 is 0 Å². The van der Waals surface area contributed by atoms with Gasteiger partial charge >= 0.3 is 0 Å². The summed E-state index contributed by atoms with van der Waals surface area (Å²) in [6, 6.07) is 16.6. The Bertz CT molecular complexity index is 1190. The predicted octanol–water partition coefficient (Wildman–Crippen LogP) is 5.54. The van der Waals surface area contributed by atoms with E-state index in [1.165, 1.54) is 17.5 Å². The van der Waals surface area contributed by atoms with Crippen LogP contribution in [0.25, 0.3) is 11.1 Å². The van der Waals surface area contributed by atoms with Crippen molar-refractivity contribution in [1.82, 2.24) is 4.57 Å². The minimum atomic E-state index is -0.169. The number of allylic oxidation sites excluding steroid dienone is 2. The van der Waals surface area contributed by atoms with Crippen LogP contribution in [0.15, 0.2) is 60.7 Å². The highest BCUT2D eigenvalue weighted by atomic mass is 16.3. The second-order valence-corrected chi connectivity index (χ2v) is 9.97. The fourth-order valence-electron chi connectivity index (χ4n) is 8.22. The summed E-state index contributed by atoms with van der Waals surface area (Å²) in [7, 11) is 0. The SMILES string of the molecule is Oc1c2c(c(O)n1C1c3ccccc3-c3ccccc31)C1CC2C2C3C=CC(C3)C12. The number of fused-ring (bicyclic) bond motifs is 15. The van der Waals surface area contributed by atoms with Gasteiger partial charge in [-0.3, -0.25) is 4.57 Å². The van der Waals surface area contributed by atoms with Crippen LogP contribution in [0.1, 0.15) is 53.0 Å². The zero-order valence-corrected chi connectivity index (χ0v) is 16.6. The smallest absolute Gasteiger partial charge is 0.198 e. The van der Waals surface area contributed by atoms with Gasteiger partial charge in [0.2, 0.25) is 0 Å². The number of aromatic nitrogens is 1. The third-order valence-corrected chi connectivity index (χ3v) is 9.05. The van der Waals surface area contributed by atoms with Gasteiger partial charge in [-0.25, -0.2) is 0 Å². The first-order valence-electron chi connectivity index (χ1n) is 11.3. The molecule has 148 valence electrons. The Morgan fingerprint density at radius 3 is 1.70 bits per heavy atom. The van der Waals surface area contributed by atoms with Crippen molar-refractivity contribution >= 4 is 0 Å². The fraction of sp³-hybridized carbons (Fsp3) is 0.333. The maximum absolute atomic E-state index is 11.5. The lowest BCUT2D eigenvalue weighted by Crippen LogP contribution is -2.24. The summed E-state index contributed by atoms with van der Waals surface area (Å²) >= 11 is 0. The fourth-order valence-corrected chi connectivity index (χ4v) is 8.22. The Balaban J connectivity index is 1.36. The zero-order valence-electron chi connectivity index (χ0n) is 16.6. The second-order valence-electron chi connectivity index (χ2n) is 9.97. The van der Waals surface area contributed by atoms with Crippen molar-refractivity contribution < 1.29 is 10.2 Å². The number of benzene rings is 2. The van der Waals surface area contributed by atoms with Crippen molar-refractivity contribution in [3.8, 4) is 22.9 Å². The molecule has 0 spiro atoms. The maximum Gasteiger partial charge on any atom is 0.198 e. The molecule has 6 atom stereocenters. The van der Waals surface area contributed by atoms with Crippen LogP contribution in [-0.2, 0) is 0 Å². The summed E-state index contributed by atoms with van der Waals surface area (Å²) in [5, 5.41) is 23.1. The number of aromatic hydroxyl groups is 2. The Labute approximate surface area is 175 Å². The number of rotatable bonds is 1. The van der Waals surface area contributed by atoms with Crippen molar-refractivity contribution in [2.45, 2.75) is 30.7 Å². The lowest BCUT2D eigenvalue weighted by atomic mass is 9.72. The highest BCUT2D eigenvalue weighted by Crippen LogP contribution is 2.73. The first-order valence-corrected chi connectivity index (χ1v) is 11.3. The van der Waals surface area contributed by atoms with Gasteiger partial charge in [0, 0.05) is 11.1 Å². The summed E-state index contributed by atoms with van der Waals surface area (Å²) in [5.41, 5.74) is 6.84. The predicted molar refractivity (Wildman–Crippen MR) is 115 cm³/mol. The average molecular weight is 393 g/mol. The van der Waals surface area contributed by atoms with Gasteiger partial charge in [0.05, 0.1) is 6.04 Å². The first-order chi connectivity index (χ1) is 14.7. The monoisotopic (exact) mass is 393 g/mol. The Hall–Kier alpha value is -2.94. The van der Waals surface area contributed by atoms with Crippen molar-refractivity contribution in [3.05, 3.63) is 82.9 Å². The largest absolute Gasteiger partial charge is 0.494 e. The Morgan fingerprint density at radius 1 is 0.667 bits per heavy atom. The number of hydrogen-bond acceptors (Lipinski definition) is 2. The van der Waals surface area contributed by atoms with Gasteiger partial charge < -0.3 is 10.2 Å². The highest BCUT2D eigenvalue weighted by Gasteiger charge is 2.62. The molecule has 3 nitrogen and oxygen atoms in total. The van der Waals surface area contributed by atoms with Gasteiger partial charge in [0.25, 0.3) is 0 Å². The molecule has 8 rings (SSSR count). The molecule has 1 aromatic heterocycles. The van der Waals surface area contributed by atoms with Crippen molar-refractivity contribution in [3.63, 3.8) is 0 Å². The molecule has 4 bridgehead atoms. The van der Waals surface area contributed by atoms with Crippen LogP contribution in [0, 0.1) is 23.7 Å². The van der Waals surface area contributed by atoms with Gasteiger partial charge in [0.15, 0.2) is 11.8 Å². The van der Waals surface area contributed by atoms with E-state index in [9.17, 15) is 10.2 Å². The van der Waals surface area contributed by atoms with Crippen LogP contribution in [0.5, 0.6) is 11.8 Å². The normalized spacial score (nSPS) is 33.7. The van der Waals surface area contributed by atoms with Gasteiger partial charge in [0.1, 0.15) is 0 Å². The van der Waals surface area contributed by atoms with Gasteiger partial charge in [-0.2, -0.15) is 0 Å². The van der Waals surface area contributed by atoms with Crippen LogP contribution in [0.3, 0.4) is 0 Å². The third kappa shape index (κ3) is 1.57. The Morgan fingerprint density at radius 2 is 1.17 bits per heavy atom. The van der Waals surface area contributed by atoms with Crippen LogP contribution in [0.2, 0.25) is 0 Å². The van der Waals surface area contributed by atoms with Gasteiger partial charge in [-0.05, 0) is 70.6 Å². The zero-order chi connectivity index (χ0) is 19.7. The van der Waals surface area contributed by atoms with E-state index >= 15 is 0 Å². The molecule has 0 radical (unpaired) electrons. The van der Waals surface area contributed by atoms with E-state index < -0.39 is 0 Å². The van der Waals surface area contributed by atoms with Crippen molar-refractivity contribution in [2.24, 2.45) is 23.7 Å². The quantitative estimate of drug-likeness (QED) is 0.329. The molecule has 3 aromatic rings. The Kier molecular flexibility index (Phi) is 2.65. The lowest BCUT2D eigenvalue weighted by molar-refractivity contribution is 0.298. The molecule has 2 fully saturated rings. The van der Waals surface area contributed by atoms with E-state index in [-0.39, 0.29) is 6.04 Å². The summed E-state index contributed by atoms with van der Waals surface area (Å²) in [5.74, 6) is 4.04. The summed E-state index contributed by atoms with van der Waals surface area (Å²) in [6.07, 6.45) is 7.22. The molecule has 3 heteroatoms. The molecule has 0 saturated heterocycles. The number of nitrogens with zero attached hydrogens (tertiary/aromatic N) is 1. The van der Waals surface area contributed by atoms with Crippen molar-refractivity contribution in [1.29, 1.82) is 0 Å². The minimum absolute atomic E-state index is 0.169.